The highest BCUT2D eigenvalue weighted by molar-refractivity contribution is 7.90. The van der Waals surface area contributed by atoms with Crippen LogP contribution in [0.3, 0.4) is 0 Å². The van der Waals surface area contributed by atoms with E-state index in [1.165, 1.54) is 11.8 Å². The Labute approximate surface area is 311 Å². The van der Waals surface area contributed by atoms with Gasteiger partial charge in [0.2, 0.25) is 10.0 Å². The lowest BCUT2D eigenvalue weighted by atomic mass is 9.97. The third kappa shape index (κ3) is 13.1. The van der Waals surface area contributed by atoms with Crippen molar-refractivity contribution in [2.75, 3.05) is 25.4 Å². The summed E-state index contributed by atoms with van der Waals surface area (Å²) in [6.07, 6.45) is 3.76. The first-order valence-electron chi connectivity index (χ1n) is 17.6. The molecular formula is C39H49ClN2O9S. The number of amides is 2. The molecule has 0 radical (unpaired) electrons. The van der Waals surface area contributed by atoms with Crippen LogP contribution in [0.1, 0.15) is 93.8 Å². The van der Waals surface area contributed by atoms with Crippen molar-refractivity contribution in [1.29, 1.82) is 0 Å². The van der Waals surface area contributed by atoms with Gasteiger partial charge in [-0.15, -0.1) is 0 Å². The van der Waals surface area contributed by atoms with Crippen LogP contribution in [0.15, 0.2) is 66.7 Å². The monoisotopic (exact) mass is 756 g/mol. The van der Waals surface area contributed by atoms with Gasteiger partial charge in [-0.1, -0.05) is 60.5 Å². The molecule has 3 aromatic rings. The molecule has 0 bridgehead atoms. The van der Waals surface area contributed by atoms with Gasteiger partial charge in [0.25, 0.3) is 5.91 Å². The Morgan fingerprint density at radius 3 is 2.33 bits per heavy atom. The van der Waals surface area contributed by atoms with E-state index in [0.717, 1.165) is 48.8 Å². The third-order valence-corrected chi connectivity index (χ3v) is 9.98. The molecule has 11 nitrogen and oxygen atoms in total. The van der Waals surface area contributed by atoms with Crippen molar-refractivity contribution in [1.82, 2.24) is 9.62 Å². The van der Waals surface area contributed by atoms with Crippen LogP contribution in [0.4, 0.5) is 4.79 Å². The third-order valence-electron chi connectivity index (χ3n) is 8.42. The number of benzene rings is 3. The predicted octanol–water partition coefficient (Wildman–Crippen LogP) is 7.24. The van der Waals surface area contributed by atoms with Gasteiger partial charge in [-0.05, 0) is 106 Å². The molecule has 3 aromatic carbocycles. The number of nitrogens with one attached hydrogen (secondary N) is 1. The zero-order valence-electron chi connectivity index (χ0n) is 30.2. The first-order valence-corrected chi connectivity index (χ1v) is 19.6. The van der Waals surface area contributed by atoms with Crippen LogP contribution in [0.25, 0.3) is 11.1 Å². The number of esters is 1. The molecule has 0 saturated heterocycles. The summed E-state index contributed by atoms with van der Waals surface area (Å²) in [5.41, 5.74) is 2.56. The van der Waals surface area contributed by atoms with E-state index in [9.17, 15) is 27.9 Å². The molecule has 52 heavy (non-hydrogen) atoms. The van der Waals surface area contributed by atoms with E-state index in [1.807, 2.05) is 24.3 Å². The molecule has 1 atom stereocenters. The van der Waals surface area contributed by atoms with Crippen LogP contribution in [0.5, 0.6) is 5.75 Å². The fourth-order valence-electron chi connectivity index (χ4n) is 5.80. The highest BCUT2D eigenvalue weighted by atomic mass is 35.5. The van der Waals surface area contributed by atoms with Gasteiger partial charge >= 0.3 is 12.1 Å². The SMILES string of the molecule is CC(=O)OCCCS(=O)(=O)NC(=O)c1ccc(-c2ccc(CCN(C[C@H](O)c3cccc(Cl)c3)C(=O)OC(C)(C)C)cc2)cc1OC1CCCCC1. The number of rotatable bonds is 15. The molecule has 0 aliphatic heterocycles. The quantitative estimate of drug-likeness (QED) is 0.121. The molecule has 2 N–H and O–H groups in total. The zero-order valence-corrected chi connectivity index (χ0v) is 31.8. The number of ether oxygens (including phenoxy) is 3. The first-order chi connectivity index (χ1) is 24.6. The number of sulfonamides is 1. The molecule has 0 spiro atoms. The zero-order chi connectivity index (χ0) is 37.9. The molecule has 1 aliphatic carbocycles. The standard InChI is InChI=1S/C39H49ClN2O9S/c1-27(43)49-22-9-23-52(47,48)41-37(45)34-19-18-30(25-36(34)50-33-12-6-5-7-13-33)29-16-14-28(15-17-29)20-21-42(38(46)51-39(2,3)4)26-35(44)31-10-8-11-32(40)24-31/h8,10-11,14-19,24-25,33,35,44H,5-7,9,12-13,20-23,26H2,1-4H3,(H,41,45)/t35-/m0/s1. The molecule has 1 saturated carbocycles. The fraction of sp³-hybridized carbons (Fsp3) is 0.462. The van der Waals surface area contributed by atoms with Gasteiger partial charge in [0.05, 0.1) is 36.7 Å². The Kier molecular flexibility index (Phi) is 14.5. The van der Waals surface area contributed by atoms with Crippen LogP contribution in [0.2, 0.25) is 5.02 Å². The summed E-state index contributed by atoms with van der Waals surface area (Å²) < 4.78 is 44.2. The smallest absolute Gasteiger partial charge is 0.410 e. The normalized spacial score (nSPS) is 14.3. The summed E-state index contributed by atoms with van der Waals surface area (Å²) in [7, 11) is -3.99. The first kappa shape index (κ1) is 40.6. The summed E-state index contributed by atoms with van der Waals surface area (Å²) in [5.74, 6) is -1.39. The largest absolute Gasteiger partial charge is 0.490 e. The second kappa shape index (κ2) is 18.6. The van der Waals surface area contributed by atoms with E-state index in [0.29, 0.717) is 29.3 Å². The molecule has 0 aromatic heterocycles. The van der Waals surface area contributed by atoms with E-state index >= 15 is 0 Å². The van der Waals surface area contributed by atoms with Gasteiger partial charge in [-0.25, -0.2) is 17.9 Å². The predicted molar refractivity (Wildman–Crippen MR) is 200 cm³/mol. The van der Waals surface area contributed by atoms with E-state index < -0.39 is 39.7 Å². The minimum Gasteiger partial charge on any atom is -0.490 e. The van der Waals surface area contributed by atoms with E-state index in [2.05, 4.69) is 4.72 Å². The number of hydrogen-bond acceptors (Lipinski definition) is 9. The maximum Gasteiger partial charge on any atom is 0.410 e. The van der Waals surface area contributed by atoms with Crippen LogP contribution in [0, 0.1) is 0 Å². The average molecular weight is 757 g/mol. The lowest BCUT2D eigenvalue weighted by molar-refractivity contribution is -0.140. The van der Waals surface area contributed by atoms with Gasteiger partial charge in [0.15, 0.2) is 0 Å². The van der Waals surface area contributed by atoms with Crippen molar-refractivity contribution in [3.8, 4) is 16.9 Å². The molecule has 0 heterocycles. The number of carbonyl (C=O) groups is 3. The van der Waals surface area contributed by atoms with Crippen LogP contribution < -0.4 is 9.46 Å². The Hall–Kier alpha value is -4.13. The van der Waals surface area contributed by atoms with Crippen molar-refractivity contribution in [3.05, 3.63) is 88.4 Å². The van der Waals surface area contributed by atoms with Gasteiger partial charge in [-0.3, -0.25) is 9.59 Å². The molecule has 13 heteroatoms. The van der Waals surface area contributed by atoms with Gasteiger partial charge in [0, 0.05) is 18.5 Å². The van der Waals surface area contributed by atoms with Gasteiger partial charge in [0.1, 0.15) is 11.4 Å². The highest BCUT2D eigenvalue weighted by Crippen LogP contribution is 2.31. The molecular weight excluding hydrogens is 708 g/mol. The number of nitrogens with zero attached hydrogens (tertiary/aromatic N) is 1. The molecule has 2 amide bonds. The minimum atomic E-state index is -3.99. The number of aliphatic hydroxyl groups is 1. The molecule has 0 unspecified atom stereocenters. The highest BCUT2D eigenvalue weighted by Gasteiger charge is 2.26. The number of carbonyl (C=O) groups excluding carboxylic acids is 3. The van der Waals surface area contributed by atoms with Gasteiger partial charge in [-0.2, -0.15) is 0 Å². The van der Waals surface area contributed by atoms with Crippen molar-refractivity contribution >= 4 is 39.6 Å². The fourth-order valence-corrected chi connectivity index (χ4v) is 6.99. The number of hydrogen-bond donors (Lipinski definition) is 2. The van der Waals surface area contributed by atoms with Crippen molar-refractivity contribution in [2.45, 2.75) is 90.4 Å². The Bertz CT molecular complexity index is 1790. The Morgan fingerprint density at radius 2 is 1.67 bits per heavy atom. The minimum absolute atomic E-state index is 0.0205. The van der Waals surface area contributed by atoms with E-state index in [1.54, 1.807) is 63.2 Å². The number of aliphatic hydroxyl groups excluding tert-OH is 1. The van der Waals surface area contributed by atoms with Crippen molar-refractivity contribution in [3.63, 3.8) is 0 Å². The van der Waals surface area contributed by atoms with Crippen LogP contribution >= 0.6 is 11.6 Å². The summed E-state index contributed by atoms with van der Waals surface area (Å²) in [6.45, 7) is 6.86. The van der Waals surface area contributed by atoms with Crippen LogP contribution in [-0.2, 0) is 30.7 Å². The second-order valence-electron chi connectivity index (χ2n) is 14.0. The number of halogens is 1. The second-order valence-corrected chi connectivity index (χ2v) is 16.3. The lowest BCUT2D eigenvalue weighted by Gasteiger charge is -2.29. The van der Waals surface area contributed by atoms with Gasteiger partial charge < -0.3 is 24.2 Å². The maximum atomic E-state index is 13.3. The average Bonchev–Trinajstić information content (AvgIpc) is 3.08. The lowest BCUT2D eigenvalue weighted by Crippen LogP contribution is -2.40. The topological polar surface area (TPSA) is 149 Å². The van der Waals surface area contributed by atoms with E-state index in [-0.39, 0.29) is 37.0 Å². The summed E-state index contributed by atoms with van der Waals surface area (Å²) in [4.78, 5) is 38.9. The molecule has 4 rings (SSSR count). The Morgan fingerprint density at radius 1 is 0.981 bits per heavy atom. The summed E-state index contributed by atoms with van der Waals surface area (Å²) in [5, 5.41) is 11.4. The van der Waals surface area contributed by atoms with Crippen LogP contribution in [-0.4, -0.2) is 73.5 Å². The maximum absolute atomic E-state index is 13.3. The van der Waals surface area contributed by atoms with Crippen molar-refractivity contribution in [2.24, 2.45) is 0 Å². The van der Waals surface area contributed by atoms with E-state index in [4.69, 9.17) is 25.8 Å². The molecule has 1 aliphatic rings. The molecule has 1 fully saturated rings. The molecule has 282 valence electrons. The Balaban J connectivity index is 1.49. The summed E-state index contributed by atoms with van der Waals surface area (Å²) in [6, 6.07) is 19.7. The van der Waals surface area contributed by atoms with Crippen molar-refractivity contribution < 1.29 is 42.1 Å². The summed E-state index contributed by atoms with van der Waals surface area (Å²) >= 11 is 6.12.